The zero-order valence-corrected chi connectivity index (χ0v) is 17.1. The predicted molar refractivity (Wildman–Crippen MR) is 102 cm³/mol. The standard InChI is InChI=1S/C23H32O4/c1-13-10-17-16-7-6-15-11-19(3,25)8-9-20(15,4)23(16)18(27-23)12-21(17,5)22(13,26)14(2)24/h8-9,11,13,16-18,25-26H,6-7,10,12H2,1-5H3/t13-,16?,17?,18+,19?,20?,21?,22+,23-/m1/s1. The second kappa shape index (κ2) is 4.77. The Balaban J connectivity index is 1.60. The fraction of sp³-hybridized carbons (Fsp3) is 0.783. The monoisotopic (exact) mass is 372 g/mol. The van der Waals surface area contributed by atoms with Gasteiger partial charge in [-0.3, -0.25) is 4.79 Å². The van der Waals surface area contributed by atoms with Gasteiger partial charge in [-0.15, -0.1) is 0 Å². The van der Waals surface area contributed by atoms with E-state index in [4.69, 9.17) is 4.74 Å². The van der Waals surface area contributed by atoms with E-state index in [9.17, 15) is 15.0 Å². The van der Waals surface area contributed by atoms with Crippen molar-refractivity contribution in [1.29, 1.82) is 0 Å². The molecule has 2 N–H and O–H groups in total. The van der Waals surface area contributed by atoms with Gasteiger partial charge in [-0.25, -0.2) is 0 Å². The molecule has 1 heterocycles. The van der Waals surface area contributed by atoms with Gasteiger partial charge in [0.2, 0.25) is 0 Å². The smallest absolute Gasteiger partial charge is 0.162 e. The Hall–Kier alpha value is -0.970. The summed E-state index contributed by atoms with van der Waals surface area (Å²) in [4.78, 5) is 12.5. The highest BCUT2D eigenvalue weighted by Crippen LogP contribution is 2.76. The van der Waals surface area contributed by atoms with Gasteiger partial charge in [0.1, 0.15) is 11.2 Å². The van der Waals surface area contributed by atoms with E-state index in [0.717, 1.165) is 25.7 Å². The summed E-state index contributed by atoms with van der Waals surface area (Å²) < 4.78 is 6.52. The SMILES string of the molecule is CC(=O)[C@@]1(O)[C@H](C)CC2C3CCC4=CC(C)(O)C=CC4(C)[C@@]34O[C@H]4CC21C. The highest BCUT2D eigenvalue weighted by molar-refractivity contribution is 5.86. The number of hydrogen-bond donors (Lipinski definition) is 2. The van der Waals surface area contributed by atoms with E-state index >= 15 is 0 Å². The molecule has 0 bridgehead atoms. The van der Waals surface area contributed by atoms with E-state index < -0.39 is 16.6 Å². The Morgan fingerprint density at radius 1 is 1.19 bits per heavy atom. The Morgan fingerprint density at radius 3 is 2.56 bits per heavy atom. The number of ketones is 1. The summed E-state index contributed by atoms with van der Waals surface area (Å²) in [5, 5.41) is 22.0. The molecule has 0 radical (unpaired) electrons. The molecule has 148 valence electrons. The van der Waals surface area contributed by atoms with E-state index in [1.165, 1.54) is 5.57 Å². The Kier molecular flexibility index (Phi) is 3.20. The van der Waals surface area contributed by atoms with Gasteiger partial charge >= 0.3 is 0 Å². The van der Waals surface area contributed by atoms with Crippen LogP contribution in [0.5, 0.6) is 0 Å². The van der Waals surface area contributed by atoms with E-state index in [-0.39, 0.29) is 34.7 Å². The van der Waals surface area contributed by atoms with Crippen molar-refractivity contribution in [1.82, 2.24) is 0 Å². The number of ether oxygens (including phenoxy) is 1. The molecule has 0 aromatic heterocycles. The molecule has 4 aliphatic carbocycles. The maximum Gasteiger partial charge on any atom is 0.162 e. The van der Waals surface area contributed by atoms with Crippen LogP contribution in [-0.2, 0) is 9.53 Å². The van der Waals surface area contributed by atoms with Crippen LogP contribution in [0.25, 0.3) is 0 Å². The van der Waals surface area contributed by atoms with E-state index in [0.29, 0.717) is 5.92 Å². The van der Waals surface area contributed by atoms with Gasteiger partial charge in [-0.05, 0) is 70.3 Å². The number of carbonyl (C=O) groups is 1. The second-order valence-corrected chi connectivity index (χ2v) is 10.7. The van der Waals surface area contributed by atoms with E-state index in [1.807, 2.05) is 26.0 Å². The van der Waals surface area contributed by atoms with Crippen molar-refractivity contribution in [3.05, 3.63) is 23.8 Å². The minimum Gasteiger partial charge on any atom is -0.382 e. The number of epoxide rings is 1. The largest absolute Gasteiger partial charge is 0.382 e. The van der Waals surface area contributed by atoms with Gasteiger partial charge < -0.3 is 14.9 Å². The fourth-order valence-electron chi connectivity index (χ4n) is 8.00. The average molecular weight is 373 g/mol. The molecule has 0 amide bonds. The molecule has 1 saturated heterocycles. The van der Waals surface area contributed by atoms with Gasteiger partial charge in [0.05, 0.1) is 11.7 Å². The molecule has 27 heavy (non-hydrogen) atoms. The maximum atomic E-state index is 12.5. The fourth-order valence-corrected chi connectivity index (χ4v) is 8.00. The molecule has 0 aromatic rings. The lowest BCUT2D eigenvalue weighted by atomic mass is 9.46. The van der Waals surface area contributed by atoms with Crippen LogP contribution >= 0.6 is 0 Å². The molecule has 4 fully saturated rings. The van der Waals surface area contributed by atoms with Crippen molar-refractivity contribution in [2.45, 2.75) is 83.2 Å². The molecule has 5 rings (SSSR count). The van der Waals surface area contributed by atoms with Gasteiger partial charge in [-0.2, -0.15) is 0 Å². The Morgan fingerprint density at radius 2 is 1.89 bits per heavy atom. The Labute approximate surface area is 161 Å². The van der Waals surface area contributed by atoms with Crippen molar-refractivity contribution >= 4 is 5.78 Å². The predicted octanol–water partition coefficient (Wildman–Crippen LogP) is 3.17. The molecule has 5 aliphatic rings. The van der Waals surface area contributed by atoms with Crippen LogP contribution in [0.3, 0.4) is 0 Å². The van der Waals surface area contributed by atoms with Crippen LogP contribution < -0.4 is 0 Å². The topological polar surface area (TPSA) is 70.1 Å². The first-order valence-corrected chi connectivity index (χ1v) is 10.5. The third-order valence-corrected chi connectivity index (χ3v) is 9.37. The molecule has 0 aromatic carbocycles. The van der Waals surface area contributed by atoms with Crippen LogP contribution in [0.4, 0.5) is 0 Å². The summed E-state index contributed by atoms with van der Waals surface area (Å²) >= 11 is 0. The normalized spacial score (nSPS) is 60.6. The van der Waals surface area contributed by atoms with Crippen LogP contribution in [0.1, 0.15) is 60.3 Å². The lowest BCUT2D eigenvalue weighted by Crippen LogP contribution is -2.61. The zero-order valence-electron chi connectivity index (χ0n) is 17.1. The molecule has 9 atom stereocenters. The molecule has 4 nitrogen and oxygen atoms in total. The van der Waals surface area contributed by atoms with Gasteiger partial charge in [0.25, 0.3) is 0 Å². The minimum absolute atomic E-state index is 0.0214. The summed E-state index contributed by atoms with van der Waals surface area (Å²) in [6.45, 7) is 9.80. The quantitative estimate of drug-likeness (QED) is 0.548. The van der Waals surface area contributed by atoms with Crippen LogP contribution in [0, 0.1) is 28.6 Å². The summed E-state index contributed by atoms with van der Waals surface area (Å²) in [5.74, 6) is 0.512. The minimum atomic E-state index is -1.25. The summed E-state index contributed by atoms with van der Waals surface area (Å²) in [6, 6.07) is 0. The number of aliphatic hydroxyl groups is 2. The molecule has 1 aliphatic heterocycles. The first kappa shape index (κ1) is 18.1. The first-order chi connectivity index (χ1) is 12.4. The third kappa shape index (κ3) is 1.79. The van der Waals surface area contributed by atoms with Crippen LogP contribution in [0.2, 0.25) is 0 Å². The van der Waals surface area contributed by atoms with Crippen LogP contribution in [0.15, 0.2) is 23.8 Å². The number of fused-ring (bicyclic) bond motifs is 3. The highest BCUT2D eigenvalue weighted by atomic mass is 16.6. The molecule has 4 heteroatoms. The van der Waals surface area contributed by atoms with Crippen molar-refractivity contribution in [2.75, 3.05) is 0 Å². The van der Waals surface area contributed by atoms with Gasteiger partial charge in [-0.1, -0.05) is 31.6 Å². The van der Waals surface area contributed by atoms with E-state index in [2.05, 4.69) is 19.9 Å². The van der Waals surface area contributed by atoms with Crippen molar-refractivity contribution in [2.24, 2.45) is 28.6 Å². The molecule has 3 saturated carbocycles. The average Bonchev–Trinajstić information content (AvgIpc) is 3.25. The molecule has 5 unspecified atom stereocenters. The Bertz CT molecular complexity index is 796. The lowest BCUT2D eigenvalue weighted by molar-refractivity contribution is -0.160. The van der Waals surface area contributed by atoms with Crippen molar-refractivity contribution < 1.29 is 19.7 Å². The lowest BCUT2D eigenvalue weighted by Gasteiger charge is -2.56. The summed E-state index contributed by atoms with van der Waals surface area (Å²) in [6.07, 6.45) is 9.74. The van der Waals surface area contributed by atoms with Crippen molar-refractivity contribution in [3.63, 3.8) is 0 Å². The van der Waals surface area contributed by atoms with E-state index in [1.54, 1.807) is 6.92 Å². The van der Waals surface area contributed by atoms with Crippen molar-refractivity contribution in [3.8, 4) is 0 Å². The van der Waals surface area contributed by atoms with Gasteiger partial charge in [0.15, 0.2) is 5.78 Å². The maximum absolute atomic E-state index is 12.5. The molecular weight excluding hydrogens is 340 g/mol. The number of carbonyl (C=O) groups excluding carboxylic acids is 1. The number of rotatable bonds is 1. The molecular formula is C23H32O4. The summed E-state index contributed by atoms with van der Waals surface area (Å²) in [5.41, 5.74) is -1.72. The number of Topliss-reactive ketones (excluding diaryl/α,β-unsaturated/α-hetero) is 1. The molecule has 1 spiro atoms. The zero-order chi connectivity index (χ0) is 19.6. The number of hydrogen-bond acceptors (Lipinski definition) is 4. The first-order valence-electron chi connectivity index (χ1n) is 10.5. The second-order valence-electron chi connectivity index (χ2n) is 10.7. The highest BCUT2D eigenvalue weighted by Gasteiger charge is 2.81. The van der Waals surface area contributed by atoms with Gasteiger partial charge in [0, 0.05) is 10.8 Å². The third-order valence-electron chi connectivity index (χ3n) is 9.37. The van der Waals surface area contributed by atoms with Crippen LogP contribution in [-0.4, -0.2) is 38.9 Å². The summed E-state index contributed by atoms with van der Waals surface area (Å²) in [7, 11) is 0.